The minimum absolute atomic E-state index is 0.290. The number of benzene rings is 1. The third-order valence-electron chi connectivity index (χ3n) is 3.37. The SMILES string of the molecule is CCCOCC(Cc1cc(Cl)cc2c1OCC2)NC. The van der Waals surface area contributed by atoms with Gasteiger partial charge in [0.1, 0.15) is 5.75 Å². The van der Waals surface area contributed by atoms with Crippen molar-refractivity contribution in [2.45, 2.75) is 32.2 Å². The van der Waals surface area contributed by atoms with E-state index in [1.165, 1.54) is 11.1 Å². The van der Waals surface area contributed by atoms with Gasteiger partial charge in [-0.2, -0.15) is 0 Å². The molecule has 1 aliphatic heterocycles. The number of ether oxygens (including phenoxy) is 2. The average molecular weight is 284 g/mol. The molecule has 106 valence electrons. The zero-order valence-corrected chi connectivity index (χ0v) is 12.4. The summed E-state index contributed by atoms with van der Waals surface area (Å²) in [6.07, 6.45) is 2.88. The van der Waals surface area contributed by atoms with E-state index >= 15 is 0 Å². The molecule has 0 spiro atoms. The van der Waals surface area contributed by atoms with Crippen LogP contribution in [0.25, 0.3) is 0 Å². The van der Waals surface area contributed by atoms with E-state index in [2.05, 4.69) is 12.2 Å². The number of rotatable bonds is 7. The molecule has 1 aromatic carbocycles. The molecule has 3 nitrogen and oxygen atoms in total. The number of nitrogens with one attached hydrogen (secondary N) is 1. The van der Waals surface area contributed by atoms with Crippen LogP contribution in [0, 0.1) is 0 Å². The fourth-order valence-electron chi connectivity index (χ4n) is 2.38. The summed E-state index contributed by atoms with van der Waals surface area (Å²) in [5.41, 5.74) is 2.41. The summed E-state index contributed by atoms with van der Waals surface area (Å²) in [6.45, 7) is 4.40. The maximum Gasteiger partial charge on any atom is 0.125 e. The van der Waals surface area contributed by atoms with Crippen LogP contribution in [-0.2, 0) is 17.6 Å². The third-order valence-corrected chi connectivity index (χ3v) is 3.59. The van der Waals surface area contributed by atoms with Crippen molar-refractivity contribution in [3.63, 3.8) is 0 Å². The Labute approximate surface area is 120 Å². The van der Waals surface area contributed by atoms with Crippen LogP contribution in [-0.4, -0.2) is 32.9 Å². The molecule has 2 rings (SSSR count). The summed E-state index contributed by atoms with van der Waals surface area (Å²) in [5, 5.41) is 4.09. The van der Waals surface area contributed by atoms with Gasteiger partial charge in [0.25, 0.3) is 0 Å². The molecule has 0 bridgehead atoms. The molecule has 1 N–H and O–H groups in total. The molecule has 1 aromatic rings. The van der Waals surface area contributed by atoms with Crippen molar-refractivity contribution in [1.29, 1.82) is 0 Å². The molecule has 0 saturated heterocycles. The van der Waals surface area contributed by atoms with Crippen molar-refractivity contribution in [3.05, 3.63) is 28.3 Å². The van der Waals surface area contributed by atoms with Crippen molar-refractivity contribution < 1.29 is 9.47 Å². The summed E-state index contributed by atoms with van der Waals surface area (Å²) in [5.74, 6) is 1.03. The fourth-order valence-corrected chi connectivity index (χ4v) is 2.64. The first-order valence-corrected chi connectivity index (χ1v) is 7.31. The highest BCUT2D eigenvalue weighted by Gasteiger charge is 2.19. The Morgan fingerprint density at radius 2 is 2.32 bits per heavy atom. The van der Waals surface area contributed by atoms with Gasteiger partial charge < -0.3 is 14.8 Å². The van der Waals surface area contributed by atoms with Crippen molar-refractivity contribution in [3.8, 4) is 5.75 Å². The maximum atomic E-state index is 6.17. The number of hydrogen-bond donors (Lipinski definition) is 1. The zero-order chi connectivity index (χ0) is 13.7. The lowest BCUT2D eigenvalue weighted by atomic mass is 10.0. The Morgan fingerprint density at radius 3 is 3.05 bits per heavy atom. The largest absolute Gasteiger partial charge is 0.493 e. The van der Waals surface area contributed by atoms with Crippen LogP contribution in [0.15, 0.2) is 12.1 Å². The summed E-state index contributed by atoms with van der Waals surface area (Å²) < 4.78 is 11.3. The quantitative estimate of drug-likeness (QED) is 0.781. The highest BCUT2D eigenvalue weighted by Crippen LogP contribution is 2.33. The molecule has 0 saturated carbocycles. The lowest BCUT2D eigenvalue weighted by Gasteiger charge is -2.18. The van der Waals surface area contributed by atoms with Gasteiger partial charge >= 0.3 is 0 Å². The highest BCUT2D eigenvalue weighted by molar-refractivity contribution is 6.30. The molecule has 0 amide bonds. The predicted octanol–water partition coefficient (Wildman–Crippen LogP) is 2.83. The van der Waals surface area contributed by atoms with Gasteiger partial charge in [0.2, 0.25) is 0 Å². The van der Waals surface area contributed by atoms with Gasteiger partial charge in [-0.25, -0.2) is 0 Å². The Kier molecular flexibility index (Phi) is 5.49. The Bertz CT molecular complexity index is 423. The van der Waals surface area contributed by atoms with Crippen LogP contribution in [0.2, 0.25) is 5.02 Å². The van der Waals surface area contributed by atoms with E-state index < -0.39 is 0 Å². The van der Waals surface area contributed by atoms with E-state index in [9.17, 15) is 0 Å². The third kappa shape index (κ3) is 3.85. The van der Waals surface area contributed by atoms with E-state index in [0.29, 0.717) is 12.6 Å². The fraction of sp³-hybridized carbons (Fsp3) is 0.600. The minimum Gasteiger partial charge on any atom is -0.493 e. The molecule has 0 fully saturated rings. The number of halogens is 1. The van der Waals surface area contributed by atoms with Gasteiger partial charge in [-0.15, -0.1) is 0 Å². The molecule has 4 heteroatoms. The maximum absolute atomic E-state index is 6.17. The highest BCUT2D eigenvalue weighted by atomic mass is 35.5. The van der Waals surface area contributed by atoms with Crippen LogP contribution in [0.1, 0.15) is 24.5 Å². The lowest BCUT2D eigenvalue weighted by molar-refractivity contribution is 0.113. The normalized spacial score (nSPS) is 15.1. The standard InChI is InChI=1S/C15H22ClNO2/c1-3-5-18-10-14(17-2)9-12-8-13(16)7-11-4-6-19-15(11)12/h7-8,14,17H,3-6,9-10H2,1-2H3. The van der Waals surface area contributed by atoms with E-state index in [1.807, 2.05) is 19.2 Å². The zero-order valence-electron chi connectivity index (χ0n) is 11.7. The first kappa shape index (κ1) is 14.6. The van der Waals surface area contributed by atoms with Crippen LogP contribution in [0.5, 0.6) is 5.75 Å². The second-order valence-corrected chi connectivity index (χ2v) is 5.35. The van der Waals surface area contributed by atoms with Crippen molar-refractivity contribution >= 4 is 11.6 Å². The lowest BCUT2D eigenvalue weighted by Crippen LogP contribution is -2.32. The van der Waals surface area contributed by atoms with Gasteiger partial charge in [0, 0.05) is 24.1 Å². The smallest absolute Gasteiger partial charge is 0.125 e. The second kappa shape index (κ2) is 7.13. The molecule has 0 aromatic heterocycles. The van der Waals surface area contributed by atoms with E-state index in [-0.39, 0.29) is 0 Å². The predicted molar refractivity (Wildman–Crippen MR) is 78.3 cm³/mol. The monoisotopic (exact) mass is 283 g/mol. The van der Waals surface area contributed by atoms with Gasteiger partial charge in [-0.3, -0.25) is 0 Å². The molecular weight excluding hydrogens is 262 g/mol. The number of likely N-dealkylation sites (N-methyl/N-ethyl adjacent to an activating group) is 1. The summed E-state index contributed by atoms with van der Waals surface area (Å²) in [7, 11) is 1.96. The minimum atomic E-state index is 0.290. The Hall–Kier alpha value is -0.770. The summed E-state index contributed by atoms with van der Waals surface area (Å²) in [4.78, 5) is 0. The first-order valence-electron chi connectivity index (χ1n) is 6.93. The Balaban J connectivity index is 2.05. The van der Waals surface area contributed by atoms with Crippen molar-refractivity contribution in [1.82, 2.24) is 5.32 Å². The van der Waals surface area contributed by atoms with Crippen LogP contribution >= 0.6 is 11.6 Å². The Morgan fingerprint density at radius 1 is 1.47 bits per heavy atom. The van der Waals surface area contributed by atoms with Gasteiger partial charge in [-0.1, -0.05) is 18.5 Å². The number of fused-ring (bicyclic) bond motifs is 1. The van der Waals surface area contributed by atoms with E-state index in [0.717, 1.165) is 43.2 Å². The number of hydrogen-bond acceptors (Lipinski definition) is 3. The van der Waals surface area contributed by atoms with Crippen molar-refractivity contribution in [2.75, 3.05) is 26.9 Å². The molecule has 1 aliphatic rings. The molecule has 19 heavy (non-hydrogen) atoms. The van der Waals surface area contributed by atoms with Crippen LogP contribution in [0.4, 0.5) is 0 Å². The van der Waals surface area contributed by atoms with Gasteiger partial charge in [0.15, 0.2) is 0 Å². The van der Waals surface area contributed by atoms with Crippen molar-refractivity contribution in [2.24, 2.45) is 0 Å². The molecule has 1 atom stereocenters. The topological polar surface area (TPSA) is 30.5 Å². The van der Waals surface area contributed by atoms with E-state index in [1.54, 1.807) is 0 Å². The summed E-state index contributed by atoms with van der Waals surface area (Å²) in [6, 6.07) is 4.31. The first-order chi connectivity index (χ1) is 9.24. The molecular formula is C15H22ClNO2. The van der Waals surface area contributed by atoms with Gasteiger partial charge in [0.05, 0.1) is 13.2 Å². The molecule has 0 radical (unpaired) electrons. The van der Waals surface area contributed by atoms with Crippen LogP contribution < -0.4 is 10.1 Å². The van der Waals surface area contributed by atoms with Crippen LogP contribution in [0.3, 0.4) is 0 Å². The van der Waals surface area contributed by atoms with Gasteiger partial charge in [-0.05, 0) is 43.1 Å². The average Bonchev–Trinajstić information content (AvgIpc) is 2.85. The summed E-state index contributed by atoms with van der Waals surface area (Å²) >= 11 is 6.17. The molecule has 1 heterocycles. The van der Waals surface area contributed by atoms with E-state index in [4.69, 9.17) is 21.1 Å². The molecule has 1 unspecified atom stereocenters. The second-order valence-electron chi connectivity index (χ2n) is 4.92. The molecule has 0 aliphatic carbocycles.